The van der Waals surface area contributed by atoms with Crippen molar-refractivity contribution in [2.45, 2.75) is 37.3 Å². The van der Waals surface area contributed by atoms with Gasteiger partial charge in [-0.1, -0.05) is 6.07 Å². The molecule has 2 rings (SSSR count). The van der Waals surface area contributed by atoms with Gasteiger partial charge in [-0.25, -0.2) is 0 Å². The second-order valence-electron chi connectivity index (χ2n) is 4.08. The molecule has 1 aromatic rings. The molecule has 3 N–H and O–H groups in total. The summed E-state index contributed by atoms with van der Waals surface area (Å²) in [6.07, 6.45) is 4.94. The van der Waals surface area contributed by atoms with E-state index in [9.17, 15) is 5.11 Å². The van der Waals surface area contributed by atoms with Crippen molar-refractivity contribution in [3.63, 3.8) is 0 Å². The van der Waals surface area contributed by atoms with Gasteiger partial charge in [-0.05, 0) is 37.8 Å². The molecule has 0 atom stereocenters. The van der Waals surface area contributed by atoms with E-state index in [1.165, 1.54) is 0 Å². The molecule has 1 fully saturated rings. The maximum atomic E-state index is 10.3. The molecular weight excluding hydrogens is 176 g/mol. The Labute approximate surface area is 84.0 Å². The van der Waals surface area contributed by atoms with E-state index in [0.717, 1.165) is 31.4 Å². The number of pyridine rings is 1. The van der Waals surface area contributed by atoms with Crippen LogP contribution in [-0.2, 0) is 5.60 Å². The maximum absolute atomic E-state index is 10.3. The van der Waals surface area contributed by atoms with Crippen molar-refractivity contribution in [1.29, 1.82) is 0 Å². The van der Waals surface area contributed by atoms with Crippen molar-refractivity contribution in [3.05, 3.63) is 30.1 Å². The molecule has 0 aliphatic heterocycles. The highest BCUT2D eigenvalue weighted by Crippen LogP contribution is 2.35. The summed E-state index contributed by atoms with van der Waals surface area (Å²) in [5.41, 5.74) is 5.85. The monoisotopic (exact) mass is 192 g/mol. The minimum atomic E-state index is -0.739. The summed E-state index contributed by atoms with van der Waals surface area (Å²) in [4.78, 5) is 4.21. The Morgan fingerprint density at radius 2 is 2.07 bits per heavy atom. The molecule has 3 heteroatoms. The summed E-state index contributed by atoms with van der Waals surface area (Å²) in [6, 6.07) is 5.91. The smallest absolute Gasteiger partial charge is 0.107 e. The van der Waals surface area contributed by atoms with Gasteiger partial charge < -0.3 is 10.8 Å². The molecule has 0 bridgehead atoms. The number of hydrogen-bond acceptors (Lipinski definition) is 3. The molecule has 76 valence electrons. The normalized spacial score (nSPS) is 32.9. The van der Waals surface area contributed by atoms with Crippen molar-refractivity contribution in [2.24, 2.45) is 5.73 Å². The second kappa shape index (κ2) is 3.67. The highest BCUT2D eigenvalue weighted by molar-refractivity contribution is 5.14. The fourth-order valence-corrected chi connectivity index (χ4v) is 2.01. The van der Waals surface area contributed by atoms with E-state index in [-0.39, 0.29) is 6.04 Å². The first-order chi connectivity index (χ1) is 6.71. The van der Waals surface area contributed by atoms with Crippen LogP contribution in [0, 0.1) is 0 Å². The van der Waals surface area contributed by atoms with E-state index in [2.05, 4.69) is 4.98 Å². The molecule has 0 aromatic carbocycles. The van der Waals surface area contributed by atoms with Gasteiger partial charge in [0.25, 0.3) is 0 Å². The summed E-state index contributed by atoms with van der Waals surface area (Å²) in [5.74, 6) is 0. The number of nitrogens with two attached hydrogens (primary N) is 1. The Kier molecular flexibility index (Phi) is 2.52. The van der Waals surface area contributed by atoms with Crippen LogP contribution in [0.25, 0.3) is 0 Å². The van der Waals surface area contributed by atoms with Crippen molar-refractivity contribution >= 4 is 0 Å². The standard InChI is InChI=1S/C11H16N2O/c12-9-4-6-11(14,7-5-9)10-3-1-2-8-13-10/h1-3,8-9,14H,4-7,12H2/t9-,11-. The van der Waals surface area contributed by atoms with Crippen LogP contribution >= 0.6 is 0 Å². The average molecular weight is 192 g/mol. The van der Waals surface area contributed by atoms with Crippen molar-refractivity contribution in [2.75, 3.05) is 0 Å². The third kappa shape index (κ3) is 1.79. The Bertz CT molecular complexity index is 291. The molecule has 1 aliphatic carbocycles. The SMILES string of the molecule is N[C@H]1CC[C@@](O)(c2ccccn2)CC1. The topological polar surface area (TPSA) is 59.1 Å². The van der Waals surface area contributed by atoms with Gasteiger partial charge in [-0.3, -0.25) is 4.98 Å². The lowest BCUT2D eigenvalue weighted by Crippen LogP contribution is -2.37. The first kappa shape index (κ1) is 9.62. The lowest BCUT2D eigenvalue weighted by Gasteiger charge is -2.34. The number of nitrogens with zero attached hydrogens (tertiary/aromatic N) is 1. The van der Waals surface area contributed by atoms with Gasteiger partial charge >= 0.3 is 0 Å². The molecule has 0 spiro atoms. The van der Waals surface area contributed by atoms with E-state index in [4.69, 9.17) is 5.73 Å². The fourth-order valence-electron chi connectivity index (χ4n) is 2.01. The molecule has 3 nitrogen and oxygen atoms in total. The van der Waals surface area contributed by atoms with Crippen LogP contribution in [0.15, 0.2) is 24.4 Å². The van der Waals surface area contributed by atoms with E-state index < -0.39 is 5.60 Å². The third-order valence-corrected chi connectivity index (χ3v) is 3.00. The fraction of sp³-hybridized carbons (Fsp3) is 0.545. The van der Waals surface area contributed by atoms with Crippen molar-refractivity contribution in [3.8, 4) is 0 Å². The van der Waals surface area contributed by atoms with Crippen LogP contribution in [0.5, 0.6) is 0 Å². The molecule has 0 radical (unpaired) electrons. The zero-order valence-electron chi connectivity index (χ0n) is 8.19. The summed E-state index contributed by atoms with van der Waals surface area (Å²) in [6.45, 7) is 0. The lowest BCUT2D eigenvalue weighted by molar-refractivity contribution is -0.00887. The maximum Gasteiger partial charge on any atom is 0.107 e. The Balaban J connectivity index is 2.17. The van der Waals surface area contributed by atoms with Gasteiger partial charge in [0.1, 0.15) is 5.60 Å². The first-order valence-corrected chi connectivity index (χ1v) is 5.10. The zero-order chi connectivity index (χ0) is 10.0. The van der Waals surface area contributed by atoms with Crippen LogP contribution in [0.2, 0.25) is 0 Å². The van der Waals surface area contributed by atoms with Gasteiger partial charge in [-0.15, -0.1) is 0 Å². The number of aromatic nitrogens is 1. The number of aliphatic hydroxyl groups is 1. The van der Waals surface area contributed by atoms with Crippen LogP contribution < -0.4 is 5.73 Å². The average Bonchev–Trinajstić information content (AvgIpc) is 2.24. The number of hydrogen-bond donors (Lipinski definition) is 2. The van der Waals surface area contributed by atoms with Crippen LogP contribution in [0.1, 0.15) is 31.4 Å². The third-order valence-electron chi connectivity index (χ3n) is 3.00. The Morgan fingerprint density at radius 1 is 1.36 bits per heavy atom. The number of rotatable bonds is 1. The van der Waals surface area contributed by atoms with E-state index in [1.807, 2.05) is 18.2 Å². The largest absolute Gasteiger partial charge is 0.384 e. The van der Waals surface area contributed by atoms with Gasteiger partial charge in [0.15, 0.2) is 0 Å². The van der Waals surface area contributed by atoms with Crippen molar-refractivity contribution in [1.82, 2.24) is 4.98 Å². The minimum Gasteiger partial charge on any atom is -0.384 e. The quantitative estimate of drug-likeness (QED) is 0.702. The molecule has 0 saturated heterocycles. The van der Waals surface area contributed by atoms with Gasteiger partial charge in [-0.2, -0.15) is 0 Å². The van der Waals surface area contributed by atoms with Gasteiger partial charge in [0.05, 0.1) is 5.69 Å². The summed E-state index contributed by atoms with van der Waals surface area (Å²) in [5, 5.41) is 10.3. The van der Waals surface area contributed by atoms with Crippen molar-refractivity contribution < 1.29 is 5.11 Å². The van der Waals surface area contributed by atoms with Crippen LogP contribution in [-0.4, -0.2) is 16.1 Å². The highest BCUT2D eigenvalue weighted by atomic mass is 16.3. The molecular formula is C11H16N2O. The summed E-state index contributed by atoms with van der Waals surface area (Å²) < 4.78 is 0. The second-order valence-corrected chi connectivity index (χ2v) is 4.08. The van der Waals surface area contributed by atoms with E-state index in [1.54, 1.807) is 6.20 Å². The van der Waals surface area contributed by atoms with Gasteiger partial charge in [0.2, 0.25) is 0 Å². The summed E-state index contributed by atoms with van der Waals surface area (Å²) in [7, 11) is 0. The summed E-state index contributed by atoms with van der Waals surface area (Å²) >= 11 is 0. The first-order valence-electron chi connectivity index (χ1n) is 5.10. The molecule has 1 aliphatic rings. The van der Waals surface area contributed by atoms with E-state index >= 15 is 0 Å². The van der Waals surface area contributed by atoms with Gasteiger partial charge in [0, 0.05) is 12.2 Å². The molecule has 1 aromatic heterocycles. The van der Waals surface area contributed by atoms with E-state index in [0.29, 0.717) is 0 Å². The highest BCUT2D eigenvalue weighted by Gasteiger charge is 2.34. The minimum absolute atomic E-state index is 0.249. The van der Waals surface area contributed by atoms with Crippen LogP contribution in [0.4, 0.5) is 0 Å². The Morgan fingerprint density at radius 3 is 2.64 bits per heavy atom. The molecule has 1 heterocycles. The Hall–Kier alpha value is -0.930. The molecule has 1 saturated carbocycles. The lowest BCUT2D eigenvalue weighted by atomic mass is 9.80. The molecule has 0 unspecified atom stereocenters. The zero-order valence-corrected chi connectivity index (χ0v) is 8.19. The molecule has 14 heavy (non-hydrogen) atoms. The predicted molar refractivity (Wildman–Crippen MR) is 54.6 cm³/mol. The van der Waals surface area contributed by atoms with Crippen LogP contribution in [0.3, 0.4) is 0 Å². The predicted octanol–water partition coefficient (Wildman–Crippen LogP) is 1.17. The molecule has 0 amide bonds.